The highest BCUT2D eigenvalue weighted by Crippen LogP contribution is 2.22. The van der Waals surface area contributed by atoms with Gasteiger partial charge in [-0.15, -0.1) is 0 Å². The molecule has 1 aromatic carbocycles. The van der Waals surface area contributed by atoms with Crippen LogP contribution in [-0.2, 0) is 4.79 Å². The van der Waals surface area contributed by atoms with Crippen LogP contribution in [0.2, 0.25) is 0 Å². The number of urea groups is 1. The third-order valence-electron chi connectivity index (χ3n) is 4.95. The van der Waals surface area contributed by atoms with Gasteiger partial charge in [-0.3, -0.25) is 4.79 Å². The van der Waals surface area contributed by atoms with Crippen molar-refractivity contribution in [3.63, 3.8) is 0 Å². The smallest absolute Gasteiger partial charge is 0.317 e. The first-order valence-corrected chi connectivity index (χ1v) is 9.00. The zero-order valence-electron chi connectivity index (χ0n) is 15.4. The minimum absolute atomic E-state index is 0.0544. The van der Waals surface area contributed by atoms with Crippen LogP contribution in [0.4, 0.5) is 10.5 Å². The van der Waals surface area contributed by atoms with Crippen LogP contribution in [-0.4, -0.2) is 66.0 Å². The Balaban J connectivity index is 1.50. The number of amides is 3. The molecule has 0 bridgehead atoms. The zero-order chi connectivity index (χ0) is 18.0. The minimum Gasteiger partial charge on any atom is -0.368 e. The van der Waals surface area contributed by atoms with Crippen molar-refractivity contribution in [3.8, 4) is 0 Å². The third-order valence-corrected chi connectivity index (χ3v) is 4.95. The van der Waals surface area contributed by atoms with Crippen LogP contribution in [0.3, 0.4) is 0 Å². The summed E-state index contributed by atoms with van der Waals surface area (Å²) in [7, 11) is 0. The molecule has 3 amide bonds. The fourth-order valence-electron chi connectivity index (χ4n) is 3.52. The SMILES string of the molecule is CC(C)(C)N1CC(NC(=O)N2CCN(c3ccccc3)CC2)CC1=O. The first-order valence-electron chi connectivity index (χ1n) is 9.00. The maximum Gasteiger partial charge on any atom is 0.317 e. The molecule has 0 radical (unpaired) electrons. The van der Waals surface area contributed by atoms with Crippen molar-refractivity contribution in [3.05, 3.63) is 30.3 Å². The number of benzene rings is 1. The maximum atomic E-state index is 12.5. The van der Waals surface area contributed by atoms with Crippen LogP contribution >= 0.6 is 0 Å². The van der Waals surface area contributed by atoms with Gasteiger partial charge in [0.1, 0.15) is 0 Å². The third kappa shape index (κ3) is 4.06. The number of rotatable bonds is 2. The molecule has 0 spiro atoms. The van der Waals surface area contributed by atoms with Crippen molar-refractivity contribution in [2.24, 2.45) is 0 Å². The summed E-state index contributed by atoms with van der Waals surface area (Å²) in [6.45, 7) is 9.73. The molecule has 136 valence electrons. The van der Waals surface area contributed by atoms with Gasteiger partial charge in [0.15, 0.2) is 0 Å². The fraction of sp³-hybridized carbons (Fsp3) is 0.579. The molecule has 2 fully saturated rings. The Hall–Kier alpha value is -2.24. The van der Waals surface area contributed by atoms with E-state index in [1.54, 1.807) is 0 Å². The van der Waals surface area contributed by atoms with E-state index in [1.165, 1.54) is 5.69 Å². The van der Waals surface area contributed by atoms with E-state index in [9.17, 15) is 9.59 Å². The maximum absolute atomic E-state index is 12.5. The van der Waals surface area contributed by atoms with Crippen LogP contribution in [0, 0.1) is 0 Å². The topological polar surface area (TPSA) is 55.9 Å². The second kappa shape index (κ2) is 6.94. The van der Waals surface area contributed by atoms with Crippen molar-refractivity contribution < 1.29 is 9.59 Å². The normalized spacial score (nSPS) is 21.6. The Morgan fingerprint density at radius 2 is 1.72 bits per heavy atom. The number of para-hydroxylation sites is 1. The lowest BCUT2D eigenvalue weighted by Gasteiger charge is -2.36. The second-order valence-electron chi connectivity index (χ2n) is 7.84. The summed E-state index contributed by atoms with van der Waals surface area (Å²) < 4.78 is 0. The highest BCUT2D eigenvalue weighted by atomic mass is 16.2. The number of hydrogen-bond donors (Lipinski definition) is 1. The van der Waals surface area contributed by atoms with Gasteiger partial charge >= 0.3 is 6.03 Å². The Kier molecular flexibility index (Phi) is 4.88. The van der Waals surface area contributed by atoms with Gasteiger partial charge in [-0.2, -0.15) is 0 Å². The number of likely N-dealkylation sites (tertiary alicyclic amines) is 1. The highest BCUT2D eigenvalue weighted by molar-refractivity contribution is 5.82. The molecule has 2 saturated heterocycles. The summed E-state index contributed by atoms with van der Waals surface area (Å²) in [5, 5.41) is 3.04. The van der Waals surface area contributed by atoms with Crippen LogP contribution in [0.1, 0.15) is 27.2 Å². The first-order chi connectivity index (χ1) is 11.8. The van der Waals surface area contributed by atoms with Crippen LogP contribution < -0.4 is 10.2 Å². The summed E-state index contributed by atoms with van der Waals surface area (Å²) in [5.41, 5.74) is 1.00. The lowest BCUT2D eigenvalue weighted by atomic mass is 10.1. The molecule has 1 aromatic rings. The van der Waals surface area contributed by atoms with Crippen molar-refractivity contribution in [2.75, 3.05) is 37.6 Å². The lowest BCUT2D eigenvalue weighted by Crippen LogP contribution is -2.54. The van der Waals surface area contributed by atoms with Crippen LogP contribution in [0.25, 0.3) is 0 Å². The average Bonchev–Trinajstić information content (AvgIpc) is 2.96. The van der Waals surface area contributed by atoms with E-state index in [-0.39, 0.29) is 23.5 Å². The number of nitrogens with one attached hydrogen (secondary N) is 1. The molecule has 6 nitrogen and oxygen atoms in total. The van der Waals surface area contributed by atoms with Crippen molar-refractivity contribution >= 4 is 17.6 Å². The lowest BCUT2D eigenvalue weighted by molar-refractivity contribution is -0.131. The van der Waals surface area contributed by atoms with Gasteiger partial charge in [-0.1, -0.05) is 18.2 Å². The molecule has 2 aliphatic heterocycles. The Morgan fingerprint density at radius 1 is 1.08 bits per heavy atom. The zero-order valence-corrected chi connectivity index (χ0v) is 15.4. The molecule has 1 unspecified atom stereocenters. The van der Waals surface area contributed by atoms with E-state index in [1.807, 2.05) is 48.8 Å². The number of nitrogens with zero attached hydrogens (tertiary/aromatic N) is 3. The van der Waals surface area contributed by atoms with Gasteiger partial charge in [-0.25, -0.2) is 4.79 Å². The van der Waals surface area contributed by atoms with E-state index < -0.39 is 0 Å². The molecule has 3 rings (SSSR count). The largest absolute Gasteiger partial charge is 0.368 e. The summed E-state index contributed by atoms with van der Waals surface area (Å²) in [4.78, 5) is 30.7. The quantitative estimate of drug-likeness (QED) is 0.892. The summed E-state index contributed by atoms with van der Waals surface area (Å²) in [6.07, 6.45) is 0.396. The molecule has 2 heterocycles. The monoisotopic (exact) mass is 344 g/mol. The predicted octanol–water partition coefficient (Wildman–Crippen LogP) is 1.92. The van der Waals surface area contributed by atoms with E-state index in [0.717, 1.165) is 13.1 Å². The molecule has 1 atom stereocenters. The standard InChI is InChI=1S/C19H28N4O2/c1-19(2,3)23-14-15(13-17(23)24)20-18(25)22-11-9-21(10-12-22)16-7-5-4-6-8-16/h4-8,15H,9-14H2,1-3H3,(H,20,25). The molecule has 0 aromatic heterocycles. The molecule has 25 heavy (non-hydrogen) atoms. The first kappa shape index (κ1) is 17.6. The van der Waals surface area contributed by atoms with Gasteiger partial charge in [0, 0.05) is 50.4 Å². The molecular weight excluding hydrogens is 316 g/mol. The molecular formula is C19H28N4O2. The van der Waals surface area contributed by atoms with Crippen molar-refractivity contribution in [1.82, 2.24) is 15.1 Å². The number of anilines is 1. The van der Waals surface area contributed by atoms with E-state index in [0.29, 0.717) is 26.1 Å². The summed E-state index contributed by atoms with van der Waals surface area (Å²) >= 11 is 0. The highest BCUT2D eigenvalue weighted by Gasteiger charge is 2.37. The van der Waals surface area contributed by atoms with Crippen molar-refractivity contribution in [1.29, 1.82) is 0 Å². The van der Waals surface area contributed by atoms with Crippen molar-refractivity contribution in [2.45, 2.75) is 38.8 Å². The summed E-state index contributed by atoms with van der Waals surface area (Å²) in [5.74, 6) is 0.117. The van der Waals surface area contributed by atoms with Gasteiger partial charge < -0.3 is 20.0 Å². The molecule has 2 aliphatic rings. The molecule has 0 aliphatic carbocycles. The minimum atomic E-state index is -0.197. The molecule has 6 heteroatoms. The number of piperazine rings is 1. The van der Waals surface area contributed by atoms with Gasteiger partial charge in [0.05, 0.1) is 6.04 Å². The van der Waals surface area contributed by atoms with E-state index in [4.69, 9.17) is 0 Å². The van der Waals surface area contributed by atoms with Crippen LogP contribution in [0.15, 0.2) is 30.3 Å². The second-order valence-corrected chi connectivity index (χ2v) is 7.84. The Bertz CT molecular complexity index is 618. The molecule has 1 N–H and O–H groups in total. The van der Waals surface area contributed by atoms with Crippen LogP contribution in [0.5, 0.6) is 0 Å². The Morgan fingerprint density at radius 3 is 2.28 bits per heavy atom. The number of hydrogen-bond acceptors (Lipinski definition) is 3. The van der Waals surface area contributed by atoms with Gasteiger partial charge in [0.2, 0.25) is 5.91 Å². The van der Waals surface area contributed by atoms with Gasteiger partial charge in [0.25, 0.3) is 0 Å². The van der Waals surface area contributed by atoms with E-state index >= 15 is 0 Å². The van der Waals surface area contributed by atoms with Gasteiger partial charge in [-0.05, 0) is 32.9 Å². The Labute approximate surface area is 149 Å². The number of carbonyl (C=O) groups excluding carboxylic acids is 2. The fourth-order valence-corrected chi connectivity index (χ4v) is 3.52. The number of carbonyl (C=O) groups is 2. The van der Waals surface area contributed by atoms with E-state index in [2.05, 4.69) is 22.3 Å². The average molecular weight is 344 g/mol. The molecule has 0 saturated carbocycles. The predicted molar refractivity (Wildman–Crippen MR) is 98.6 cm³/mol. The summed E-state index contributed by atoms with van der Waals surface area (Å²) in [6, 6.07) is 10.1.